The number of nitrogens with one attached hydrogen (secondary N) is 1. The third-order valence-electron chi connectivity index (χ3n) is 4.37. The maximum atomic E-state index is 5.80. The molecule has 1 aliphatic carbocycles. The highest BCUT2D eigenvalue weighted by molar-refractivity contribution is 9.10. The first-order chi connectivity index (χ1) is 9.60. The summed E-state index contributed by atoms with van der Waals surface area (Å²) in [6.07, 6.45) is 6.77. The summed E-state index contributed by atoms with van der Waals surface area (Å²) >= 11 is 8.59. The Bertz CT molecular complexity index is 468. The summed E-state index contributed by atoms with van der Waals surface area (Å²) in [5.41, 5.74) is 7.78. The van der Waals surface area contributed by atoms with E-state index in [0.717, 1.165) is 34.1 Å². The van der Waals surface area contributed by atoms with E-state index in [4.69, 9.17) is 18.0 Å². The molecule has 2 rings (SSSR count). The van der Waals surface area contributed by atoms with Gasteiger partial charge in [0.1, 0.15) is 4.99 Å². The van der Waals surface area contributed by atoms with Crippen molar-refractivity contribution >= 4 is 38.8 Å². The van der Waals surface area contributed by atoms with Gasteiger partial charge in [-0.2, -0.15) is 0 Å². The zero-order valence-electron chi connectivity index (χ0n) is 12.0. The molecule has 0 saturated heterocycles. The lowest BCUT2D eigenvalue weighted by molar-refractivity contribution is 0.278. The third kappa shape index (κ3) is 4.19. The number of nitrogens with two attached hydrogens (primary N) is 1. The van der Waals surface area contributed by atoms with E-state index in [2.05, 4.69) is 34.2 Å². The minimum absolute atomic E-state index is 0.448. The highest BCUT2D eigenvalue weighted by Gasteiger charge is 2.20. The predicted molar refractivity (Wildman–Crippen MR) is 94.3 cm³/mol. The van der Waals surface area contributed by atoms with Crippen LogP contribution in [0.25, 0.3) is 0 Å². The zero-order chi connectivity index (χ0) is 14.5. The van der Waals surface area contributed by atoms with Gasteiger partial charge in [-0.15, -0.1) is 0 Å². The van der Waals surface area contributed by atoms with Crippen LogP contribution in [0.15, 0.2) is 22.7 Å². The quantitative estimate of drug-likeness (QED) is 0.751. The van der Waals surface area contributed by atoms with E-state index < -0.39 is 0 Å². The van der Waals surface area contributed by atoms with Crippen LogP contribution in [0.2, 0.25) is 0 Å². The molecule has 110 valence electrons. The van der Waals surface area contributed by atoms with E-state index in [1.165, 1.54) is 32.1 Å². The van der Waals surface area contributed by atoms with Crippen molar-refractivity contribution in [2.45, 2.75) is 39.0 Å². The molecule has 0 aliphatic heterocycles. The van der Waals surface area contributed by atoms with Crippen LogP contribution in [-0.2, 0) is 0 Å². The van der Waals surface area contributed by atoms with Gasteiger partial charge in [-0.05, 0) is 42.9 Å². The maximum absolute atomic E-state index is 5.80. The number of rotatable bonds is 5. The number of anilines is 1. The van der Waals surface area contributed by atoms with Crippen molar-refractivity contribution in [3.63, 3.8) is 0 Å². The van der Waals surface area contributed by atoms with Crippen LogP contribution >= 0.6 is 28.1 Å². The lowest BCUT2D eigenvalue weighted by atomic mass is 9.81. The fourth-order valence-corrected chi connectivity index (χ4v) is 3.50. The van der Waals surface area contributed by atoms with Crippen LogP contribution in [0.3, 0.4) is 0 Å². The normalized spacial score (nSPS) is 22.5. The Morgan fingerprint density at radius 3 is 2.55 bits per heavy atom. The molecule has 1 aromatic rings. The number of thiocarbonyl (C=S) groups is 1. The van der Waals surface area contributed by atoms with Crippen molar-refractivity contribution < 1.29 is 0 Å². The van der Waals surface area contributed by atoms with Crippen molar-refractivity contribution in [1.82, 2.24) is 0 Å². The zero-order valence-corrected chi connectivity index (χ0v) is 14.4. The Morgan fingerprint density at radius 1 is 1.30 bits per heavy atom. The molecule has 1 fully saturated rings. The minimum Gasteiger partial charge on any atom is -0.389 e. The van der Waals surface area contributed by atoms with E-state index in [1.54, 1.807) is 0 Å². The molecule has 1 aliphatic rings. The predicted octanol–water partition coefficient (Wildman–Crippen LogP) is 4.71. The molecule has 3 N–H and O–H groups in total. The topological polar surface area (TPSA) is 38.0 Å². The van der Waals surface area contributed by atoms with E-state index in [9.17, 15) is 0 Å². The smallest absolute Gasteiger partial charge is 0.106 e. The molecule has 0 bridgehead atoms. The van der Waals surface area contributed by atoms with Gasteiger partial charge < -0.3 is 11.1 Å². The van der Waals surface area contributed by atoms with Gasteiger partial charge in [0.25, 0.3) is 0 Å². The first kappa shape index (κ1) is 15.8. The lowest BCUT2D eigenvalue weighted by Crippen LogP contribution is -2.22. The second kappa shape index (κ2) is 7.41. The van der Waals surface area contributed by atoms with Crippen LogP contribution in [0.4, 0.5) is 5.69 Å². The van der Waals surface area contributed by atoms with E-state index in [0.29, 0.717) is 4.99 Å². The standard InChI is InChI=1S/C16H23BrN2S/c1-2-11-3-5-12(6-4-11)10-19-15-8-7-13(17)9-14(15)16(18)20/h7-9,11-12,19H,2-6,10H2,1H3,(H2,18,20). The van der Waals surface area contributed by atoms with Gasteiger partial charge >= 0.3 is 0 Å². The van der Waals surface area contributed by atoms with Gasteiger partial charge in [-0.3, -0.25) is 0 Å². The van der Waals surface area contributed by atoms with Gasteiger partial charge in [0, 0.05) is 22.3 Å². The number of hydrogen-bond donors (Lipinski definition) is 2. The minimum atomic E-state index is 0.448. The third-order valence-corrected chi connectivity index (χ3v) is 5.09. The molecule has 1 saturated carbocycles. The summed E-state index contributed by atoms with van der Waals surface area (Å²) < 4.78 is 1.01. The van der Waals surface area contributed by atoms with Crippen LogP contribution in [0.1, 0.15) is 44.6 Å². The fraction of sp³-hybridized carbons (Fsp3) is 0.562. The SMILES string of the molecule is CCC1CCC(CNc2ccc(Br)cc2C(N)=S)CC1. The average molecular weight is 355 g/mol. The summed E-state index contributed by atoms with van der Waals surface area (Å²) in [5.74, 6) is 1.73. The molecule has 0 aromatic heterocycles. The Balaban J connectivity index is 1.93. The molecule has 1 aromatic carbocycles. The molecule has 0 heterocycles. The van der Waals surface area contributed by atoms with Gasteiger partial charge in [-0.1, -0.05) is 54.3 Å². The van der Waals surface area contributed by atoms with E-state index in [1.807, 2.05) is 12.1 Å². The summed E-state index contributed by atoms with van der Waals surface area (Å²) in [4.78, 5) is 0.448. The van der Waals surface area contributed by atoms with Crippen LogP contribution < -0.4 is 11.1 Å². The number of hydrogen-bond acceptors (Lipinski definition) is 2. The molecular formula is C16H23BrN2S. The van der Waals surface area contributed by atoms with Crippen molar-refractivity contribution in [2.24, 2.45) is 17.6 Å². The second-order valence-corrected chi connectivity index (χ2v) is 7.09. The molecule has 0 unspecified atom stereocenters. The molecule has 2 nitrogen and oxygen atoms in total. The van der Waals surface area contributed by atoms with Crippen molar-refractivity contribution in [1.29, 1.82) is 0 Å². The Kier molecular flexibility index (Phi) is 5.85. The molecule has 0 spiro atoms. The van der Waals surface area contributed by atoms with Crippen molar-refractivity contribution in [2.75, 3.05) is 11.9 Å². The molecule has 0 atom stereocenters. The molecule has 20 heavy (non-hydrogen) atoms. The van der Waals surface area contributed by atoms with E-state index in [-0.39, 0.29) is 0 Å². The lowest BCUT2D eigenvalue weighted by Gasteiger charge is -2.28. The Labute approximate surface area is 135 Å². The average Bonchev–Trinajstić information content (AvgIpc) is 2.46. The summed E-state index contributed by atoms with van der Waals surface area (Å²) in [6, 6.07) is 6.06. The molecule has 4 heteroatoms. The number of benzene rings is 1. The summed E-state index contributed by atoms with van der Waals surface area (Å²) in [7, 11) is 0. The van der Waals surface area contributed by atoms with Gasteiger partial charge in [0.05, 0.1) is 0 Å². The molecule has 0 amide bonds. The van der Waals surface area contributed by atoms with Crippen molar-refractivity contribution in [3.05, 3.63) is 28.2 Å². The monoisotopic (exact) mass is 354 g/mol. The first-order valence-corrected chi connectivity index (χ1v) is 8.63. The van der Waals surface area contributed by atoms with E-state index >= 15 is 0 Å². The molecular weight excluding hydrogens is 332 g/mol. The fourth-order valence-electron chi connectivity index (χ4n) is 2.97. The van der Waals surface area contributed by atoms with Crippen LogP contribution in [0.5, 0.6) is 0 Å². The Hall–Kier alpha value is -0.610. The second-order valence-electron chi connectivity index (χ2n) is 5.73. The summed E-state index contributed by atoms with van der Waals surface area (Å²) in [6.45, 7) is 3.33. The highest BCUT2D eigenvalue weighted by Crippen LogP contribution is 2.31. The largest absolute Gasteiger partial charge is 0.389 e. The van der Waals surface area contributed by atoms with Crippen LogP contribution in [-0.4, -0.2) is 11.5 Å². The van der Waals surface area contributed by atoms with Crippen LogP contribution in [0, 0.1) is 11.8 Å². The highest BCUT2D eigenvalue weighted by atomic mass is 79.9. The molecule has 0 radical (unpaired) electrons. The van der Waals surface area contributed by atoms with Gasteiger partial charge in [0.2, 0.25) is 0 Å². The number of halogens is 1. The van der Waals surface area contributed by atoms with Gasteiger partial charge in [0.15, 0.2) is 0 Å². The maximum Gasteiger partial charge on any atom is 0.106 e. The summed E-state index contributed by atoms with van der Waals surface area (Å²) in [5, 5.41) is 3.54. The van der Waals surface area contributed by atoms with Crippen molar-refractivity contribution in [3.8, 4) is 0 Å². The van der Waals surface area contributed by atoms with Gasteiger partial charge in [-0.25, -0.2) is 0 Å². The Morgan fingerprint density at radius 2 is 1.95 bits per heavy atom. The first-order valence-electron chi connectivity index (χ1n) is 7.43.